The Morgan fingerprint density at radius 2 is 1.90 bits per heavy atom. The van der Waals surface area contributed by atoms with E-state index in [0.29, 0.717) is 37.1 Å². The highest BCUT2D eigenvalue weighted by Crippen LogP contribution is 2.27. The van der Waals surface area contributed by atoms with Gasteiger partial charge in [-0.1, -0.05) is 12.1 Å². The molecule has 1 aromatic carbocycles. The van der Waals surface area contributed by atoms with E-state index in [1.807, 2.05) is 43.3 Å². The van der Waals surface area contributed by atoms with Crippen molar-refractivity contribution in [2.24, 2.45) is 4.99 Å². The van der Waals surface area contributed by atoms with Crippen LogP contribution in [0.25, 0.3) is 0 Å². The molecule has 0 saturated carbocycles. The summed E-state index contributed by atoms with van der Waals surface area (Å²) in [6.07, 6.45) is 2.48. The van der Waals surface area contributed by atoms with Crippen molar-refractivity contribution in [2.75, 3.05) is 40.9 Å². The maximum absolute atomic E-state index is 12.4. The lowest BCUT2D eigenvalue weighted by molar-refractivity contribution is -0.128. The molecule has 0 radical (unpaired) electrons. The number of nitrogens with one attached hydrogen (secondary N) is 2. The number of carbonyl (C=O) groups excluding carboxylic acids is 1. The zero-order chi connectivity index (χ0) is 21.8. The molecule has 2 rings (SSSR count). The molecule has 8 nitrogen and oxygen atoms in total. The lowest BCUT2D eigenvalue weighted by atomic mass is 10.2. The van der Waals surface area contributed by atoms with Crippen LogP contribution >= 0.6 is 24.0 Å². The Labute approximate surface area is 201 Å². The molecule has 1 amide bonds. The summed E-state index contributed by atoms with van der Waals surface area (Å²) in [6.45, 7) is 3.89. The first kappa shape index (κ1) is 26.5. The van der Waals surface area contributed by atoms with Crippen molar-refractivity contribution >= 4 is 35.8 Å². The Hall–Kier alpha value is -2.56. The van der Waals surface area contributed by atoms with Crippen LogP contribution in [0.1, 0.15) is 18.2 Å². The van der Waals surface area contributed by atoms with Gasteiger partial charge in [0, 0.05) is 38.4 Å². The van der Waals surface area contributed by atoms with Crippen molar-refractivity contribution in [2.45, 2.75) is 19.9 Å². The van der Waals surface area contributed by atoms with Gasteiger partial charge in [-0.25, -0.2) is 4.99 Å². The van der Waals surface area contributed by atoms with Gasteiger partial charge in [-0.05, 0) is 36.8 Å². The van der Waals surface area contributed by atoms with Crippen LogP contribution in [0.15, 0.2) is 47.6 Å². The standard InChI is InChI=1S/C22H31N5O3.HI/c1-5-23-22(25-15-17-9-10-19(29-3)20(14-17)30-4)26-16-21(28)27(2)13-11-18-8-6-7-12-24-18;/h6-10,12,14H,5,11,13,15-16H2,1-4H3,(H2,23,25,26);1H. The van der Waals surface area contributed by atoms with E-state index in [9.17, 15) is 4.79 Å². The lowest BCUT2D eigenvalue weighted by Crippen LogP contribution is -2.44. The number of halogens is 1. The molecule has 170 valence electrons. The number of hydrogen-bond acceptors (Lipinski definition) is 5. The Bertz CT molecular complexity index is 833. The summed E-state index contributed by atoms with van der Waals surface area (Å²) in [6, 6.07) is 11.5. The minimum absolute atomic E-state index is 0. The molecule has 0 bridgehead atoms. The summed E-state index contributed by atoms with van der Waals surface area (Å²) in [7, 11) is 5.00. The highest BCUT2D eigenvalue weighted by Gasteiger charge is 2.10. The van der Waals surface area contributed by atoms with Gasteiger partial charge in [0.1, 0.15) is 0 Å². The third-order valence-corrected chi connectivity index (χ3v) is 4.47. The summed E-state index contributed by atoms with van der Waals surface area (Å²) >= 11 is 0. The molecule has 0 spiro atoms. The van der Waals surface area contributed by atoms with Crippen LogP contribution in [0.3, 0.4) is 0 Å². The molecule has 0 atom stereocenters. The van der Waals surface area contributed by atoms with E-state index in [1.54, 1.807) is 32.4 Å². The average Bonchev–Trinajstić information content (AvgIpc) is 2.79. The van der Waals surface area contributed by atoms with Gasteiger partial charge in [0.25, 0.3) is 0 Å². The normalized spacial score (nSPS) is 10.6. The fourth-order valence-electron chi connectivity index (χ4n) is 2.74. The van der Waals surface area contributed by atoms with E-state index in [4.69, 9.17) is 9.47 Å². The summed E-state index contributed by atoms with van der Waals surface area (Å²) in [5.41, 5.74) is 1.94. The predicted molar refractivity (Wildman–Crippen MR) is 133 cm³/mol. The van der Waals surface area contributed by atoms with Gasteiger partial charge in [-0.3, -0.25) is 9.78 Å². The summed E-state index contributed by atoms with van der Waals surface area (Å²) < 4.78 is 10.6. The number of benzene rings is 1. The third-order valence-electron chi connectivity index (χ3n) is 4.47. The monoisotopic (exact) mass is 541 g/mol. The number of aromatic nitrogens is 1. The van der Waals surface area contributed by atoms with Crippen LogP contribution in [0.4, 0.5) is 0 Å². The van der Waals surface area contributed by atoms with Gasteiger partial charge < -0.3 is 25.0 Å². The van der Waals surface area contributed by atoms with Crippen molar-refractivity contribution in [1.82, 2.24) is 20.5 Å². The zero-order valence-corrected chi connectivity index (χ0v) is 20.9. The van der Waals surface area contributed by atoms with Gasteiger partial charge in [0.2, 0.25) is 5.91 Å². The van der Waals surface area contributed by atoms with Crippen LogP contribution in [-0.4, -0.2) is 62.7 Å². The van der Waals surface area contributed by atoms with E-state index in [-0.39, 0.29) is 36.4 Å². The minimum Gasteiger partial charge on any atom is -0.493 e. The minimum atomic E-state index is -0.0114. The Kier molecular flexibility index (Phi) is 12.3. The van der Waals surface area contributed by atoms with Crippen LogP contribution in [0, 0.1) is 0 Å². The molecular formula is C22H32IN5O3. The molecule has 31 heavy (non-hydrogen) atoms. The summed E-state index contributed by atoms with van der Waals surface area (Å²) in [5.74, 6) is 1.91. The van der Waals surface area contributed by atoms with Crippen molar-refractivity contribution in [3.63, 3.8) is 0 Å². The lowest BCUT2D eigenvalue weighted by Gasteiger charge is -2.18. The van der Waals surface area contributed by atoms with Crippen LogP contribution < -0.4 is 20.1 Å². The van der Waals surface area contributed by atoms with E-state index in [1.165, 1.54) is 0 Å². The van der Waals surface area contributed by atoms with Crippen molar-refractivity contribution < 1.29 is 14.3 Å². The van der Waals surface area contributed by atoms with E-state index >= 15 is 0 Å². The number of amides is 1. The van der Waals surface area contributed by atoms with Crippen LogP contribution in [0.2, 0.25) is 0 Å². The summed E-state index contributed by atoms with van der Waals surface area (Å²) in [5, 5.41) is 6.26. The number of carbonyl (C=O) groups is 1. The first-order valence-electron chi connectivity index (χ1n) is 9.94. The second-order valence-corrected chi connectivity index (χ2v) is 6.62. The smallest absolute Gasteiger partial charge is 0.241 e. The number of methoxy groups -OCH3 is 2. The predicted octanol–water partition coefficient (Wildman–Crippen LogP) is 2.47. The van der Waals surface area contributed by atoms with Gasteiger partial charge in [-0.2, -0.15) is 0 Å². The van der Waals surface area contributed by atoms with E-state index in [2.05, 4.69) is 20.6 Å². The molecule has 9 heteroatoms. The third kappa shape index (κ3) is 8.99. The van der Waals surface area contributed by atoms with Gasteiger partial charge in [0.05, 0.1) is 27.3 Å². The largest absolute Gasteiger partial charge is 0.493 e. The number of rotatable bonds is 10. The Balaban J connectivity index is 0.00000480. The number of likely N-dealkylation sites (N-methyl/N-ethyl adjacent to an activating group) is 1. The Morgan fingerprint density at radius 3 is 2.55 bits per heavy atom. The molecule has 0 unspecified atom stereocenters. The molecule has 0 aliphatic rings. The van der Waals surface area contributed by atoms with Gasteiger partial charge >= 0.3 is 0 Å². The molecule has 0 aliphatic heterocycles. The summed E-state index contributed by atoms with van der Waals surface area (Å²) in [4.78, 5) is 23.0. The molecule has 1 heterocycles. The first-order chi connectivity index (χ1) is 14.6. The van der Waals surface area contributed by atoms with E-state index in [0.717, 1.165) is 17.7 Å². The molecule has 0 saturated heterocycles. The molecule has 0 aliphatic carbocycles. The topological polar surface area (TPSA) is 88.1 Å². The van der Waals surface area contributed by atoms with Crippen LogP contribution in [-0.2, 0) is 17.8 Å². The fraction of sp³-hybridized carbons (Fsp3) is 0.409. The number of guanidine groups is 1. The SMILES string of the molecule is CCNC(=NCc1ccc(OC)c(OC)c1)NCC(=O)N(C)CCc1ccccn1.I. The molecule has 0 fully saturated rings. The highest BCUT2D eigenvalue weighted by atomic mass is 127. The fourth-order valence-corrected chi connectivity index (χ4v) is 2.74. The molecular weight excluding hydrogens is 509 g/mol. The number of pyridine rings is 1. The quantitative estimate of drug-likeness (QED) is 0.273. The number of ether oxygens (including phenoxy) is 2. The average molecular weight is 541 g/mol. The maximum Gasteiger partial charge on any atom is 0.241 e. The van der Waals surface area contributed by atoms with E-state index < -0.39 is 0 Å². The molecule has 2 N–H and O–H groups in total. The molecule has 1 aromatic heterocycles. The van der Waals surface area contributed by atoms with Crippen molar-refractivity contribution in [3.05, 3.63) is 53.9 Å². The number of nitrogens with zero attached hydrogens (tertiary/aromatic N) is 3. The Morgan fingerprint density at radius 1 is 1.13 bits per heavy atom. The van der Waals surface area contributed by atoms with Crippen molar-refractivity contribution in [1.29, 1.82) is 0 Å². The second-order valence-electron chi connectivity index (χ2n) is 6.62. The number of aliphatic imine (C=N–C) groups is 1. The molecule has 2 aromatic rings. The second kappa shape index (κ2) is 14.4. The first-order valence-corrected chi connectivity index (χ1v) is 9.94. The van der Waals surface area contributed by atoms with Gasteiger partial charge in [0.15, 0.2) is 17.5 Å². The van der Waals surface area contributed by atoms with Crippen LogP contribution in [0.5, 0.6) is 11.5 Å². The highest BCUT2D eigenvalue weighted by molar-refractivity contribution is 14.0. The number of hydrogen-bond donors (Lipinski definition) is 2. The van der Waals surface area contributed by atoms with Crippen molar-refractivity contribution in [3.8, 4) is 11.5 Å². The zero-order valence-electron chi connectivity index (χ0n) is 18.6. The van der Waals surface area contributed by atoms with Gasteiger partial charge in [-0.15, -0.1) is 24.0 Å². The maximum atomic E-state index is 12.4.